The van der Waals surface area contributed by atoms with Crippen molar-refractivity contribution < 1.29 is 19.1 Å². The largest absolute Gasteiger partial charge is 0.493 e. The van der Waals surface area contributed by atoms with Crippen LogP contribution in [0.2, 0.25) is 5.02 Å². The van der Waals surface area contributed by atoms with E-state index in [1.165, 1.54) is 13.2 Å². The van der Waals surface area contributed by atoms with Crippen LogP contribution in [0.4, 0.5) is 4.79 Å². The smallest absolute Gasteiger partial charge is 0.326 e. The van der Waals surface area contributed by atoms with Gasteiger partial charge in [0.25, 0.3) is 5.91 Å². The highest BCUT2D eigenvalue weighted by Crippen LogP contribution is 2.36. The molecule has 1 aromatic carbocycles. The number of halogens is 1. The molecule has 108 valence electrons. The van der Waals surface area contributed by atoms with Crippen molar-refractivity contribution in [1.29, 1.82) is 0 Å². The van der Waals surface area contributed by atoms with E-state index in [0.29, 0.717) is 17.1 Å². The maximum atomic E-state index is 11.5. The normalized spacial score (nSPS) is 15.4. The third-order valence-corrected chi connectivity index (χ3v) is 2.86. The zero-order valence-electron chi connectivity index (χ0n) is 11.0. The first-order valence-corrected chi connectivity index (χ1v) is 6.20. The van der Waals surface area contributed by atoms with Crippen molar-refractivity contribution in [3.8, 4) is 23.8 Å². The molecule has 3 amide bonds. The summed E-state index contributed by atoms with van der Waals surface area (Å²) in [5.74, 6) is 2.51. The number of amides is 3. The summed E-state index contributed by atoms with van der Waals surface area (Å²) < 4.78 is 10.5. The van der Waals surface area contributed by atoms with Gasteiger partial charge in [-0.2, -0.15) is 0 Å². The van der Waals surface area contributed by atoms with E-state index in [0.717, 1.165) is 0 Å². The Hall–Kier alpha value is -2.65. The summed E-state index contributed by atoms with van der Waals surface area (Å²) >= 11 is 6.11. The summed E-state index contributed by atoms with van der Waals surface area (Å²) in [4.78, 5) is 22.5. The number of rotatable bonds is 4. The minimum atomic E-state index is -0.571. The van der Waals surface area contributed by atoms with Crippen molar-refractivity contribution in [2.45, 2.75) is 0 Å². The molecule has 0 bridgehead atoms. The van der Waals surface area contributed by atoms with Crippen LogP contribution >= 0.6 is 11.6 Å². The number of methoxy groups -OCH3 is 1. The van der Waals surface area contributed by atoms with Gasteiger partial charge in [-0.05, 0) is 23.8 Å². The predicted octanol–water partition coefficient (Wildman–Crippen LogP) is 1.54. The molecule has 1 saturated heterocycles. The molecule has 21 heavy (non-hydrogen) atoms. The zero-order valence-corrected chi connectivity index (χ0v) is 11.8. The molecule has 1 aliphatic rings. The van der Waals surface area contributed by atoms with Gasteiger partial charge in [-0.3, -0.25) is 10.1 Å². The van der Waals surface area contributed by atoms with Gasteiger partial charge in [-0.15, -0.1) is 6.42 Å². The lowest BCUT2D eigenvalue weighted by Gasteiger charge is -2.11. The quantitative estimate of drug-likeness (QED) is 0.502. The van der Waals surface area contributed by atoms with Crippen LogP contribution in [0, 0.1) is 12.3 Å². The maximum absolute atomic E-state index is 11.5. The summed E-state index contributed by atoms with van der Waals surface area (Å²) in [6.07, 6.45) is 6.60. The second-order valence-electron chi connectivity index (χ2n) is 3.99. The first-order chi connectivity index (χ1) is 10.0. The van der Waals surface area contributed by atoms with Crippen LogP contribution < -0.4 is 20.1 Å². The van der Waals surface area contributed by atoms with E-state index in [1.807, 2.05) is 0 Å². The maximum Gasteiger partial charge on any atom is 0.326 e. The first kappa shape index (κ1) is 14.8. The molecule has 1 aliphatic heterocycles. The molecule has 0 aliphatic carbocycles. The van der Waals surface area contributed by atoms with Crippen LogP contribution in [0.25, 0.3) is 6.08 Å². The number of urea groups is 1. The lowest BCUT2D eigenvalue weighted by atomic mass is 10.1. The summed E-state index contributed by atoms with van der Waals surface area (Å²) in [5, 5.41) is 4.76. The number of hydrogen-bond acceptors (Lipinski definition) is 4. The average Bonchev–Trinajstić information content (AvgIpc) is 2.75. The second kappa shape index (κ2) is 6.20. The van der Waals surface area contributed by atoms with Crippen LogP contribution in [0.3, 0.4) is 0 Å². The van der Waals surface area contributed by atoms with E-state index in [4.69, 9.17) is 27.5 Å². The number of hydrogen-bond donors (Lipinski definition) is 2. The third-order valence-electron chi connectivity index (χ3n) is 2.58. The Morgan fingerprint density at radius 1 is 1.38 bits per heavy atom. The van der Waals surface area contributed by atoms with Crippen LogP contribution in [-0.4, -0.2) is 25.7 Å². The van der Waals surface area contributed by atoms with Gasteiger partial charge < -0.3 is 14.8 Å². The molecule has 2 N–H and O–H groups in total. The van der Waals surface area contributed by atoms with Crippen LogP contribution in [0.5, 0.6) is 11.5 Å². The fraction of sp³-hybridized carbons (Fsp3) is 0.143. The molecule has 0 unspecified atom stereocenters. The average molecular weight is 307 g/mol. The highest BCUT2D eigenvalue weighted by molar-refractivity contribution is 6.32. The molecule has 6 nitrogen and oxygen atoms in total. The Morgan fingerprint density at radius 3 is 2.71 bits per heavy atom. The van der Waals surface area contributed by atoms with Gasteiger partial charge in [0.05, 0.1) is 12.1 Å². The number of imide groups is 1. The van der Waals surface area contributed by atoms with Crippen LogP contribution in [-0.2, 0) is 4.79 Å². The molecule has 1 heterocycles. The Kier molecular flexibility index (Phi) is 4.36. The fourth-order valence-electron chi connectivity index (χ4n) is 1.73. The van der Waals surface area contributed by atoms with E-state index in [9.17, 15) is 9.59 Å². The van der Waals surface area contributed by atoms with Crippen LogP contribution in [0.1, 0.15) is 5.56 Å². The van der Waals surface area contributed by atoms with Crippen molar-refractivity contribution in [3.05, 3.63) is 28.4 Å². The molecule has 0 saturated carbocycles. The number of terminal acetylenes is 1. The van der Waals surface area contributed by atoms with Crippen molar-refractivity contribution in [2.75, 3.05) is 13.7 Å². The molecular formula is C14H11ClN2O4. The van der Waals surface area contributed by atoms with E-state index >= 15 is 0 Å². The molecule has 0 spiro atoms. The summed E-state index contributed by atoms with van der Waals surface area (Å²) in [5.41, 5.74) is 0.688. The SMILES string of the molecule is C#CCOc1c(Cl)cc(/C=C2\NC(=O)NC2=O)cc1OC. The monoisotopic (exact) mass is 306 g/mol. The van der Waals surface area contributed by atoms with Gasteiger partial charge in [0.15, 0.2) is 11.5 Å². The van der Waals surface area contributed by atoms with Crippen molar-refractivity contribution in [3.63, 3.8) is 0 Å². The molecule has 0 radical (unpaired) electrons. The minimum Gasteiger partial charge on any atom is -0.493 e. The van der Waals surface area contributed by atoms with Gasteiger partial charge in [-0.1, -0.05) is 17.5 Å². The number of carbonyl (C=O) groups excluding carboxylic acids is 2. The predicted molar refractivity (Wildman–Crippen MR) is 77.0 cm³/mol. The Labute approximate surface area is 126 Å². The molecule has 7 heteroatoms. The molecule has 1 fully saturated rings. The van der Waals surface area contributed by atoms with Gasteiger partial charge in [0, 0.05) is 0 Å². The van der Waals surface area contributed by atoms with Gasteiger partial charge in [-0.25, -0.2) is 4.79 Å². The van der Waals surface area contributed by atoms with E-state index < -0.39 is 11.9 Å². The molecule has 2 rings (SSSR count). The molecule has 0 aromatic heterocycles. The van der Waals surface area contributed by atoms with Crippen LogP contribution in [0.15, 0.2) is 17.8 Å². The standard InChI is InChI=1S/C14H11ClN2O4/c1-3-4-21-12-9(15)5-8(7-11(12)20-2)6-10-13(18)17-14(19)16-10/h1,5-7H,4H2,2H3,(H2,16,17,18,19)/b10-6-. The van der Waals surface area contributed by atoms with Crippen molar-refractivity contribution >= 4 is 29.6 Å². The first-order valence-electron chi connectivity index (χ1n) is 5.83. The number of carbonyl (C=O) groups is 2. The van der Waals surface area contributed by atoms with Crippen molar-refractivity contribution in [1.82, 2.24) is 10.6 Å². The minimum absolute atomic E-state index is 0.0506. The lowest BCUT2D eigenvalue weighted by Crippen LogP contribution is -2.22. The summed E-state index contributed by atoms with van der Waals surface area (Å²) in [7, 11) is 1.45. The molecule has 0 atom stereocenters. The Bertz CT molecular complexity index is 676. The highest BCUT2D eigenvalue weighted by Gasteiger charge is 2.23. The topological polar surface area (TPSA) is 76.7 Å². The number of benzene rings is 1. The summed E-state index contributed by atoms with van der Waals surface area (Å²) in [6.45, 7) is 0.0506. The number of nitrogens with one attached hydrogen (secondary N) is 2. The number of ether oxygens (including phenoxy) is 2. The van der Waals surface area contributed by atoms with Gasteiger partial charge in [0.2, 0.25) is 0 Å². The third kappa shape index (κ3) is 3.27. The van der Waals surface area contributed by atoms with Crippen molar-refractivity contribution in [2.24, 2.45) is 0 Å². The zero-order chi connectivity index (χ0) is 15.4. The Morgan fingerprint density at radius 2 is 2.14 bits per heavy atom. The molecular weight excluding hydrogens is 296 g/mol. The Balaban J connectivity index is 2.37. The van der Waals surface area contributed by atoms with E-state index in [1.54, 1.807) is 12.1 Å². The van der Waals surface area contributed by atoms with Gasteiger partial charge >= 0.3 is 6.03 Å². The lowest BCUT2D eigenvalue weighted by molar-refractivity contribution is -0.115. The highest BCUT2D eigenvalue weighted by atomic mass is 35.5. The second-order valence-corrected chi connectivity index (χ2v) is 4.40. The van der Waals surface area contributed by atoms with Gasteiger partial charge in [0.1, 0.15) is 12.3 Å². The van der Waals surface area contributed by atoms with E-state index in [-0.39, 0.29) is 17.3 Å². The fourth-order valence-corrected chi connectivity index (χ4v) is 2.00. The molecule has 1 aromatic rings. The summed E-state index contributed by atoms with van der Waals surface area (Å²) in [6, 6.07) is 2.61. The van der Waals surface area contributed by atoms with E-state index in [2.05, 4.69) is 16.6 Å².